The first-order valence-electron chi connectivity index (χ1n) is 8.93. The highest BCUT2D eigenvalue weighted by molar-refractivity contribution is 7.92. The molecule has 0 spiro atoms. The summed E-state index contributed by atoms with van der Waals surface area (Å²) >= 11 is 0. The lowest BCUT2D eigenvalue weighted by Crippen LogP contribution is -2.26. The van der Waals surface area contributed by atoms with Crippen molar-refractivity contribution in [1.82, 2.24) is 5.01 Å². The summed E-state index contributed by atoms with van der Waals surface area (Å²) in [6.45, 7) is 1.81. The van der Waals surface area contributed by atoms with Gasteiger partial charge in [-0.15, -0.1) is 0 Å². The first-order valence-corrected chi connectivity index (χ1v) is 10.8. The summed E-state index contributed by atoms with van der Waals surface area (Å²) in [4.78, 5) is 12.5. The van der Waals surface area contributed by atoms with Crippen LogP contribution < -0.4 is 9.46 Å². The normalized spacial score (nSPS) is 16.6. The van der Waals surface area contributed by atoms with E-state index in [0.717, 1.165) is 23.1 Å². The van der Waals surface area contributed by atoms with Crippen molar-refractivity contribution < 1.29 is 17.9 Å². The number of benzene rings is 2. The van der Waals surface area contributed by atoms with Gasteiger partial charge in [0.05, 0.1) is 25.1 Å². The molecule has 0 saturated carbocycles. The molecule has 2 aromatic carbocycles. The van der Waals surface area contributed by atoms with Crippen LogP contribution in [0.1, 0.15) is 36.9 Å². The summed E-state index contributed by atoms with van der Waals surface area (Å²) in [6.07, 6.45) is 2.00. The average molecular weight is 401 g/mol. The number of rotatable bonds is 6. The fraction of sp³-hybridized carbons (Fsp3) is 0.300. The minimum Gasteiger partial charge on any atom is -0.496 e. The molecule has 1 atom stereocenters. The predicted octanol–water partition coefficient (Wildman–Crippen LogP) is 3.15. The molecule has 1 heterocycles. The van der Waals surface area contributed by atoms with Gasteiger partial charge in [0.25, 0.3) is 0 Å². The van der Waals surface area contributed by atoms with Gasteiger partial charge >= 0.3 is 0 Å². The van der Waals surface area contributed by atoms with E-state index in [-0.39, 0.29) is 11.9 Å². The highest BCUT2D eigenvalue weighted by atomic mass is 32.2. The second kappa shape index (κ2) is 8.02. The van der Waals surface area contributed by atoms with E-state index in [0.29, 0.717) is 24.3 Å². The first-order chi connectivity index (χ1) is 13.3. The second-order valence-corrected chi connectivity index (χ2v) is 8.30. The summed E-state index contributed by atoms with van der Waals surface area (Å²) in [5.74, 6) is 0.645. The van der Waals surface area contributed by atoms with Gasteiger partial charge in [0, 0.05) is 24.1 Å². The fourth-order valence-corrected chi connectivity index (χ4v) is 3.77. The Labute approximate surface area is 165 Å². The number of carbonyl (C=O) groups excluding carboxylic acids is 1. The smallest absolute Gasteiger partial charge is 0.242 e. The van der Waals surface area contributed by atoms with Crippen molar-refractivity contribution in [3.63, 3.8) is 0 Å². The van der Waals surface area contributed by atoms with Gasteiger partial charge < -0.3 is 4.74 Å². The van der Waals surface area contributed by atoms with Gasteiger partial charge in [-0.2, -0.15) is 5.10 Å². The van der Waals surface area contributed by atoms with Gasteiger partial charge in [-0.25, -0.2) is 13.4 Å². The molecule has 8 heteroatoms. The Hall–Kier alpha value is -2.87. The second-order valence-electron chi connectivity index (χ2n) is 6.55. The molecule has 0 fully saturated rings. The van der Waals surface area contributed by atoms with Crippen LogP contribution in [0.4, 0.5) is 5.69 Å². The van der Waals surface area contributed by atoms with Crippen molar-refractivity contribution >= 4 is 27.3 Å². The summed E-state index contributed by atoms with van der Waals surface area (Å²) < 4.78 is 30.6. The molecule has 1 amide bonds. The Morgan fingerprint density at radius 3 is 2.50 bits per heavy atom. The van der Waals surface area contributed by atoms with E-state index < -0.39 is 10.0 Å². The number of sulfonamides is 1. The van der Waals surface area contributed by atoms with Crippen LogP contribution in [-0.4, -0.2) is 38.4 Å². The van der Waals surface area contributed by atoms with Crippen LogP contribution in [0, 0.1) is 0 Å². The van der Waals surface area contributed by atoms with E-state index in [1.807, 2.05) is 24.3 Å². The summed E-state index contributed by atoms with van der Waals surface area (Å²) in [5, 5.41) is 6.10. The molecule has 7 nitrogen and oxygen atoms in total. The molecule has 3 rings (SSSR count). The maximum atomic E-state index is 12.5. The third-order valence-electron chi connectivity index (χ3n) is 4.49. The Balaban J connectivity index is 1.91. The third kappa shape index (κ3) is 4.33. The average Bonchev–Trinajstić information content (AvgIpc) is 3.12. The molecule has 1 aliphatic rings. The van der Waals surface area contributed by atoms with Crippen LogP contribution in [0.5, 0.6) is 5.75 Å². The minimum atomic E-state index is -3.33. The zero-order valence-electron chi connectivity index (χ0n) is 16.0. The van der Waals surface area contributed by atoms with Crippen molar-refractivity contribution in [3.8, 4) is 5.75 Å². The molecule has 0 radical (unpaired) electrons. The Morgan fingerprint density at radius 1 is 1.21 bits per heavy atom. The summed E-state index contributed by atoms with van der Waals surface area (Å²) in [6, 6.07) is 14.3. The number of para-hydroxylation sites is 1. The van der Waals surface area contributed by atoms with Crippen LogP contribution in [0.2, 0.25) is 0 Å². The number of hydrogen-bond donors (Lipinski definition) is 1. The van der Waals surface area contributed by atoms with E-state index in [1.165, 1.54) is 5.01 Å². The van der Waals surface area contributed by atoms with Crippen LogP contribution >= 0.6 is 0 Å². The van der Waals surface area contributed by atoms with E-state index >= 15 is 0 Å². The maximum Gasteiger partial charge on any atom is 0.242 e. The molecule has 0 saturated heterocycles. The van der Waals surface area contributed by atoms with E-state index in [4.69, 9.17) is 4.74 Å². The number of ether oxygens (including phenoxy) is 1. The van der Waals surface area contributed by atoms with Gasteiger partial charge in [0.15, 0.2) is 0 Å². The zero-order valence-corrected chi connectivity index (χ0v) is 16.9. The van der Waals surface area contributed by atoms with Crippen LogP contribution in [0.15, 0.2) is 53.6 Å². The molecule has 28 heavy (non-hydrogen) atoms. The molecule has 148 valence electrons. The van der Waals surface area contributed by atoms with Crippen molar-refractivity contribution in [3.05, 3.63) is 59.7 Å². The van der Waals surface area contributed by atoms with Gasteiger partial charge in [-0.05, 0) is 23.8 Å². The largest absolute Gasteiger partial charge is 0.496 e. The number of nitrogens with one attached hydrogen (secondary N) is 1. The number of amides is 1. The third-order valence-corrected chi connectivity index (χ3v) is 5.09. The molecule has 0 aliphatic carbocycles. The van der Waals surface area contributed by atoms with Crippen LogP contribution in [0.25, 0.3) is 0 Å². The predicted molar refractivity (Wildman–Crippen MR) is 109 cm³/mol. The standard InChI is InChI=1S/C20H23N3O4S/c1-4-20(24)23-18(16-7-5-6-8-19(16)27-2)13-17(21-23)14-9-11-15(12-10-14)22-28(3,25)26/h5-12,18,22H,4,13H2,1-3H3/t18-/m0/s1. The quantitative estimate of drug-likeness (QED) is 0.805. The Morgan fingerprint density at radius 2 is 1.89 bits per heavy atom. The fourth-order valence-electron chi connectivity index (χ4n) is 3.21. The Kier molecular flexibility index (Phi) is 5.69. The first kappa shape index (κ1) is 19.9. The van der Waals surface area contributed by atoms with Gasteiger partial charge in [-0.3, -0.25) is 9.52 Å². The van der Waals surface area contributed by atoms with Crippen molar-refractivity contribution in [1.29, 1.82) is 0 Å². The van der Waals surface area contributed by atoms with E-state index in [1.54, 1.807) is 38.3 Å². The van der Waals surface area contributed by atoms with Gasteiger partial charge in [0.1, 0.15) is 5.75 Å². The lowest BCUT2D eigenvalue weighted by atomic mass is 9.97. The number of methoxy groups -OCH3 is 1. The molecule has 2 aromatic rings. The minimum absolute atomic E-state index is 0.0683. The van der Waals surface area contributed by atoms with Crippen LogP contribution in [-0.2, 0) is 14.8 Å². The van der Waals surface area contributed by atoms with Crippen molar-refractivity contribution in [2.45, 2.75) is 25.8 Å². The maximum absolute atomic E-state index is 12.5. The molecule has 1 aliphatic heterocycles. The molecule has 0 unspecified atom stereocenters. The number of carbonyl (C=O) groups is 1. The molecule has 0 aromatic heterocycles. The van der Waals surface area contributed by atoms with Crippen molar-refractivity contribution in [2.24, 2.45) is 5.10 Å². The van der Waals surface area contributed by atoms with Gasteiger partial charge in [0.2, 0.25) is 15.9 Å². The number of anilines is 1. The Bertz CT molecular complexity index is 1000. The number of hydrazone groups is 1. The monoisotopic (exact) mass is 401 g/mol. The molecule has 0 bridgehead atoms. The van der Waals surface area contributed by atoms with Crippen LogP contribution in [0.3, 0.4) is 0 Å². The molecule has 1 N–H and O–H groups in total. The summed E-state index contributed by atoms with van der Waals surface area (Å²) in [7, 11) is -1.73. The lowest BCUT2D eigenvalue weighted by molar-refractivity contribution is -0.132. The van der Waals surface area contributed by atoms with E-state index in [9.17, 15) is 13.2 Å². The summed E-state index contributed by atoms with van der Waals surface area (Å²) in [5.41, 5.74) is 2.99. The topological polar surface area (TPSA) is 88.1 Å². The van der Waals surface area contributed by atoms with Crippen molar-refractivity contribution in [2.75, 3.05) is 18.1 Å². The highest BCUT2D eigenvalue weighted by Crippen LogP contribution is 2.37. The zero-order chi connectivity index (χ0) is 20.3. The SMILES string of the molecule is CCC(=O)N1N=C(c2ccc(NS(C)(=O)=O)cc2)C[C@H]1c1ccccc1OC. The lowest BCUT2D eigenvalue weighted by Gasteiger charge is -2.23. The van der Waals surface area contributed by atoms with Gasteiger partial charge in [-0.1, -0.05) is 37.3 Å². The number of nitrogens with zero attached hydrogens (tertiary/aromatic N) is 2. The highest BCUT2D eigenvalue weighted by Gasteiger charge is 2.33. The van der Waals surface area contributed by atoms with E-state index in [2.05, 4.69) is 9.82 Å². The number of hydrogen-bond acceptors (Lipinski definition) is 5. The molecular weight excluding hydrogens is 378 g/mol. The molecular formula is C20H23N3O4S.